The van der Waals surface area contributed by atoms with Gasteiger partial charge < -0.3 is 24.3 Å². The van der Waals surface area contributed by atoms with Crippen LogP contribution >= 0.6 is 23.2 Å². The van der Waals surface area contributed by atoms with E-state index < -0.39 is 6.10 Å². The molecule has 0 radical (unpaired) electrons. The highest BCUT2D eigenvalue weighted by Gasteiger charge is 2.19. The van der Waals surface area contributed by atoms with E-state index in [1.54, 1.807) is 31.4 Å². The summed E-state index contributed by atoms with van der Waals surface area (Å²) >= 11 is 11.9. The molecule has 0 bridgehead atoms. The van der Waals surface area contributed by atoms with Crippen molar-refractivity contribution in [1.82, 2.24) is 5.32 Å². The molecule has 6 nitrogen and oxygen atoms in total. The van der Waals surface area contributed by atoms with Crippen LogP contribution in [0.3, 0.4) is 0 Å². The van der Waals surface area contributed by atoms with Crippen LogP contribution in [0.25, 0.3) is 0 Å². The topological polar surface area (TPSA) is 66.0 Å². The van der Waals surface area contributed by atoms with Gasteiger partial charge in [-0.2, -0.15) is 0 Å². The Morgan fingerprint density at radius 2 is 1.94 bits per heavy atom. The van der Waals surface area contributed by atoms with Gasteiger partial charge in [0.15, 0.2) is 17.6 Å². The summed E-state index contributed by atoms with van der Waals surface area (Å²) in [6, 6.07) is 10.4. The predicted molar refractivity (Wildman–Crippen MR) is 121 cm³/mol. The first kappa shape index (κ1) is 24.7. The number of carbonyl (C=O) groups is 1. The van der Waals surface area contributed by atoms with Crippen LogP contribution in [0.2, 0.25) is 10.0 Å². The van der Waals surface area contributed by atoms with E-state index in [9.17, 15) is 4.79 Å². The smallest absolute Gasteiger partial charge is 0.252 e. The maximum Gasteiger partial charge on any atom is 0.252 e. The Hall–Kier alpha value is -2.59. The van der Waals surface area contributed by atoms with Gasteiger partial charge in [-0.3, -0.25) is 4.79 Å². The maximum absolute atomic E-state index is 12.5. The van der Waals surface area contributed by atoms with E-state index in [0.29, 0.717) is 46.9 Å². The zero-order valence-electron chi connectivity index (χ0n) is 17.5. The average molecular weight is 466 g/mol. The Kier molecular flexibility index (Phi) is 10.3. The highest BCUT2D eigenvalue weighted by Crippen LogP contribution is 2.28. The van der Waals surface area contributed by atoms with Gasteiger partial charge in [-0.05, 0) is 43.2 Å². The lowest BCUT2D eigenvalue weighted by molar-refractivity contribution is -0.134. The van der Waals surface area contributed by atoms with E-state index in [4.69, 9.17) is 48.6 Å². The lowest BCUT2D eigenvalue weighted by Crippen LogP contribution is -2.41. The molecule has 1 amide bonds. The fraction of sp³-hybridized carbons (Fsp3) is 0.348. The van der Waals surface area contributed by atoms with Gasteiger partial charge in [0.1, 0.15) is 19.0 Å². The zero-order valence-corrected chi connectivity index (χ0v) is 19.0. The largest absolute Gasteiger partial charge is 0.493 e. The summed E-state index contributed by atoms with van der Waals surface area (Å²) in [5.74, 6) is 3.82. The number of amides is 1. The van der Waals surface area contributed by atoms with E-state index in [1.807, 2.05) is 19.1 Å². The van der Waals surface area contributed by atoms with Crippen LogP contribution in [0.1, 0.15) is 12.5 Å². The van der Waals surface area contributed by atoms with Crippen molar-refractivity contribution in [2.24, 2.45) is 0 Å². The van der Waals surface area contributed by atoms with Gasteiger partial charge in [-0.1, -0.05) is 35.2 Å². The normalized spacial score (nSPS) is 11.3. The van der Waals surface area contributed by atoms with Gasteiger partial charge in [-0.25, -0.2) is 0 Å². The van der Waals surface area contributed by atoms with Crippen molar-refractivity contribution in [2.75, 3.05) is 33.5 Å². The Balaban J connectivity index is 1.88. The van der Waals surface area contributed by atoms with Crippen molar-refractivity contribution in [2.45, 2.75) is 19.4 Å². The van der Waals surface area contributed by atoms with E-state index in [-0.39, 0.29) is 19.1 Å². The van der Waals surface area contributed by atoms with Gasteiger partial charge in [0, 0.05) is 19.2 Å². The number of methoxy groups -OCH3 is 1. The van der Waals surface area contributed by atoms with Crippen molar-refractivity contribution >= 4 is 29.1 Å². The van der Waals surface area contributed by atoms with Crippen LogP contribution in [-0.2, 0) is 16.0 Å². The van der Waals surface area contributed by atoms with Gasteiger partial charge >= 0.3 is 0 Å². The quantitative estimate of drug-likeness (QED) is 0.476. The van der Waals surface area contributed by atoms with Crippen LogP contribution < -0.4 is 19.5 Å². The molecule has 0 aromatic heterocycles. The first-order valence-electron chi connectivity index (χ1n) is 9.68. The molecule has 31 heavy (non-hydrogen) atoms. The average Bonchev–Trinajstić information content (AvgIpc) is 2.77. The molecule has 2 aromatic rings. The van der Waals surface area contributed by atoms with Crippen molar-refractivity contribution in [3.05, 3.63) is 52.0 Å². The second-order valence-electron chi connectivity index (χ2n) is 6.35. The van der Waals surface area contributed by atoms with E-state index >= 15 is 0 Å². The minimum atomic E-state index is -0.756. The molecule has 166 valence electrons. The molecule has 0 aliphatic rings. The number of halogens is 2. The summed E-state index contributed by atoms with van der Waals surface area (Å²) in [6.07, 6.45) is 5.06. The first-order chi connectivity index (χ1) is 15.0. The summed E-state index contributed by atoms with van der Waals surface area (Å²) in [5.41, 5.74) is 0.977. The molecule has 0 saturated carbocycles. The summed E-state index contributed by atoms with van der Waals surface area (Å²) in [5, 5.41) is 3.68. The van der Waals surface area contributed by atoms with Crippen LogP contribution in [-0.4, -0.2) is 45.5 Å². The number of hydrogen-bond donors (Lipinski definition) is 1. The highest BCUT2D eigenvalue weighted by atomic mass is 35.5. The van der Waals surface area contributed by atoms with E-state index in [2.05, 4.69) is 11.2 Å². The Bertz CT molecular complexity index is 913. The van der Waals surface area contributed by atoms with Crippen LogP contribution in [0.5, 0.6) is 17.2 Å². The molecule has 2 rings (SSSR count). The molecule has 0 saturated heterocycles. The van der Waals surface area contributed by atoms with Crippen molar-refractivity contribution < 1.29 is 23.7 Å². The highest BCUT2D eigenvalue weighted by molar-refractivity contribution is 6.42. The number of rotatable bonds is 12. The van der Waals surface area contributed by atoms with Crippen LogP contribution in [0.15, 0.2) is 36.4 Å². The maximum atomic E-state index is 12.5. The standard InChI is InChI=1S/C23H25Cl2NO5/c1-4-12-30-20-9-6-16(13-21(20)28-3)10-11-26-23(27)22(29-5-2)15-31-17-7-8-18(24)19(25)14-17/h1,6-9,13-14,22H,5,10-12,15H2,2-3H3,(H,26,27)/t22-/m1/s1. The molecule has 0 fully saturated rings. The lowest BCUT2D eigenvalue weighted by Gasteiger charge is -2.18. The SMILES string of the molecule is C#CCOc1ccc(CCNC(=O)[C@@H](COc2ccc(Cl)c(Cl)c2)OCC)cc1OC. The second kappa shape index (κ2) is 13.0. The number of nitrogens with one attached hydrogen (secondary N) is 1. The molecule has 0 aliphatic carbocycles. The van der Waals surface area contributed by atoms with Crippen molar-refractivity contribution in [3.63, 3.8) is 0 Å². The van der Waals surface area contributed by atoms with Crippen molar-refractivity contribution in [3.8, 4) is 29.6 Å². The van der Waals surface area contributed by atoms with Gasteiger partial charge in [0.2, 0.25) is 0 Å². The van der Waals surface area contributed by atoms with Crippen molar-refractivity contribution in [1.29, 1.82) is 0 Å². The third kappa shape index (κ3) is 7.87. The van der Waals surface area contributed by atoms with Gasteiger partial charge in [0.05, 0.1) is 17.2 Å². The second-order valence-corrected chi connectivity index (χ2v) is 7.16. The minimum Gasteiger partial charge on any atom is -0.493 e. The Labute approximate surface area is 192 Å². The molecular weight excluding hydrogens is 441 g/mol. The van der Waals surface area contributed by atoms with Gasteiger partial charge in [0.25, 0.3) is 5.91 Å². The number of terminal acetylenes is 1. The van der Waals surface area contributed by atoms with Gasteiger partial charge in [-0.15, -0.1) is 6.42 Å². The fourth-order valence-electron chi connectivity index (χ4n) is 2.69. The summed E-state index contributed by atoms with van der Waals surface area (Å²) in [4.78, 5) is 12.5. The summed E-state index contributed by atoms with van der Waals surface area (Å²) in [6.45, 7) is 2.82. The molecule has 0 unspecified atom stereocenters. The summed E-state index contributed by atoms with van der Waals surface area (Å²) < 4.78 is 21.9. The third-order valence-electron chi connectivity index (χ3n) is 4.20. The molecule has 1 atom stereocenters. The van der Waals surface area contributed by atoms with E-state index in [1.165, 1.54) is 0 Å². The number of hydrogen-bond acceptors (Lipinski definition) is 5. The fourth-order valence-corrected chi connectivity index (χ4v) is 2.98. The molecule has 0 aliphatic heterocycles. The lowest BCUT2D eigenvalue weighted by atomic mass is 10.1. The Morgan fingerprint density at radius 3 is 2.61 bits per heavy atom. The molecule has 0 heterocycles. The summed E-state index contributed by atoms with van der Waals surface area (Å²) in [7, 11) is 1.56. The molecule has 2 aromatic carbocycles. The monoisotopic (exact) mass is 465 g/mol. The number of benzene rings is 2. The minimum absolute atomic E-state index is 0.0483. The van der Waals surface area contributed by atoms with Crippen LogP contribution in [0.4, 0.5) is 0 Å². The first-order valence-corrected chi connectivity index (χ1v) is 10.4. The predicted octanol–water partition coefficient (Wildman–Crippen LogP) is 4.16. The molecular formula is C23H25Cl2NO5. The third-order valence-corrected chi connectivity index (χ3v) is 4.94. The number of ether oxygens (including phenoxy) is 4. The number of carbonyl (C=O) groups excluding carboxylic acids is 1. The molecule has 8 heteroatoms. The zero-order chi connectivity index (χ0) is 22.6. The molecule has 0 spiro atoms. The van der Waals surface area contributed by atoms with E-state index in [0.717, 1.165) is 5.56 Å². The Morgan fingerprint density at radius 1 is 1.13 bits per heavy atom. The molecule has 1 N–H and O–H groups in total. The van der Waals surface area contributed by atoms with Crippen LogP contribution in [0, 0.1) is 12.3 Å².